The molecule has 1 aliphatic heterocycles. The SMILES string of the molecule is CCOc1ccccc1CNC(=O)CN1CC=C(c2cnn(-c3ccc(F)cc3)c2)CC1. The largest absolute Gasteiger partial charge is 0.494 e. The van der Waals surface area contributed by atoms with Crippen LogP contribution in [0.15, 0.2) is 67.0 Å². The maximum atomic E-state index is 13.1. The van der Waals surface area contributed by atoms with Crippen LogP contribution in [-0.4, -0.2) is 46.8 Å². The van der Waals surface area contributed by atoms with E-state index in [4.69, 9.17) is 4.74 Å². The summed E-state index contributed by atoms with van der Waals surface area (Å²) in [6.45, 7) is 4.86. The highest BCUT2D eigenvalue weighted by Crippen LogP contribution is 2.23. The zero-order valence-corrected chi connectivity index (χ0v) is 18.1. The van der Waals surface area contributed by atoms with Crippen molar-refractivity contribution in [2.45, 2.75) is 19.9 Å². The lowest BCUT2D eigenvalue weighted by Crippen LogP contribution is -2.39. The molecule has 166 valence electrons. The lowest BCUT2D eigenvalue weighted by Gasteiger charge is -2.25. The van der Waals surface area contributed by atoms with Crippen molar-refractivity contribution in [3.63, 3.8) is 0 Å². The molecule has 0 unspecified atom stereocenters. The Morgan fingerprint density at radius 1 is 1.19 bits per heavy atom. The molecular formula is C25H27FN4O2. The summed E-state index contributed by atoms with van der Waals surface area (Å²) >= 11 is 0. The van der Waals surface area contributed by atoms with E-state index in [1.165, 1.54) is 17.7 Å². The topological polar surface area (TPSA) is 59.4 Å². The van der Waals surface area contributed by atoms with Crippen molar-refractivity contribution in [1.29, 1.82) is 0 Å². The second kappa shape index (κ2) is 10.2. The van der Waals surface area contributed by atoms with Crippen LogP contribution in [0.4, 0.5) is 4.39 Å². The number of rotatable bonds is 8. The number of para-hydroxylation sites is 1. The van der Waals surface area contributed by atoms with Gasteiger partial charge in [-0.15, -0.1) is 0 Å². The maximum Gasteiger partial charge on any atom is 0.234 e. The highest BCUT2D eigenvalue weighted by Gasteiger charge is 2.17. The highest BCUT2D eigenvalue weighted by molar-refractivity contribution is 5.78. The molecule has 0 aliphatic carbocycles. The molecule has 0 radical (unpaired) electrons. The van der Waals surface area contributed by atoms with Crippen molar-refractivity contribution in [3.05, 3.63) is 83.9 Å². The molecule has 2 aromatic carbocycles. The average Bonchev–Trinajstić information content (AvgIpc) is 3.30. The Hall–Kier alpha value is -3.45. The fraction of sp³-hybridized carbons (Fsp3) is 0.280. The number of aromatic nitrogens is 2. The third-order valence-corrected chi connectivity index (χ3v) is 5.45. The molecule has 7 heteroatoms. The number of nitrogens with zero attached hydrogens (tertiary/aromatic N) is 3. The quantitative estimate of drug-likeness (QED) is 0.586. The van der Waals surface area contributed by atoms with Gasteiger partial charge >= 0.3 is 0 Å². The van der Waals surface area contributed by atoms with Crippen molar-refractivity contribution in [3.8, 4) is 11.4 Å². The second-order valence-corrected chi connectivity index (χ2v) is 7.68. The Balaban J connectivity index is 1.29. The minimum atomic E-state index is -0.265. The molecular weight excluding hydrogens is 407 g/mol. The van der Waals surface area contributed by atoms with E-state index in [9.17, 15) is 9.18 Å². The van der Waals surface area contributed by atoms with E-state index >= 15 is 0 Å². The summed E-state index contributed by atoms with van der Waals surface area (Å²) in [5.74, 6) is 0.540. The predicted octanol–water partition coefficient (Wildman–Crippen LogP) is 3.82. The van der Waals surface area contributed by atoms with E-state index in [-0.39, 0.29) is 11.7 Å². The van der Waals surface area contributed by atoms with Gasteiger partial charge in [0.2, 0.25) is 5.91 Å². The van der Waals surface area contributed by atoms with Crippen LogP contribution in [0.2, 0.25) is 0 Å². The first-order chi connectivity index (χ1) is 15.6. The zero-order chi connectivity index (χ0) is 22.3. The number of benzene rings is 2. The van der Waals surface area contributed by atoms with E-state index in [2.05, 4.69) is 21.4 Å². The third kappa shape index (κ3) is 5.42. The van der Waals surface area contributed by atoms with Crippen LogP contribution in [-0.2, 0) is 11.3 Å². The molecule has 0 bridgehead atoms. The zero-order valence-electron chi connectivity index (χ0n) is 18.1. The van der Waals surface area contributed by atoms with Crippen LogP contribution < -0.4 is 10.1 Å². The Morgan fingerprint density at radius 2 is 2.00 bits per heavy atom. The van der Waals surface area contributed by atoms with E-state index < -0.39 is 0 Å². The van der Waals surface area contributed by atoms with Gasteiger partial charge in [-0.25, -0.2) is 9.07 Å². The number of hydrogen-bond donors (Lipinski definition) is 1. The van der Waals surface area contributed by atoms with Gasteiger partial charge in [0.15, 0.2) is 0 Å². The molecule has 32 heavy (non-hydrogen) atoms. The molecule has 1 N–H and O–H groups in total. The van der Waals surface area contributed by atoms with Gasteiger partial charge in [0.25, 0.3) is 0 Å². The van der Waals surface area contributed by atoms with E-state index in [1.807, 2.05) is 43.6 Å². The molecule has 1 aliphatic rings. The summed E-state index contributed by atoms with van der Waals surface area (Å²) < 4.78 is 20.5. The van der Waals surface area contributed by atoms with E-state index in [0.29, 0.717) is 26.2 Å². The molecule has 1 amide bonds. The van der Waals surface area contributed by atoms with Gasteiger partial charge in [0.1, 0.15) is 11.6 Å². The van der Waals surface area contributed by atoms with Crippen LogP contribution in [0.5, 0.6) is 5.75 Å². The number of carbonyl (C=O) groups is 1. The predicted molar refractivity (Wildman–Crippen MR) is 122 cm³/mol. The summed E-state index contributed by atoms with van der Waals surface area (Å²) in [4.78, 5) is 14.6. The molecule has 0 atom stereocenters. The van der Waals surface area contributed by atoms with Gasteiger partial charge in [0.05, 0.1) is 25.0 Å². The van der Waals surface area contributed by atoms with Gasteiger partial charge in [-0.3, -0.25) is 9.69 Å². The molecule has 4 rings (SSSR count). The molecule has 1 aromatic heterocycles. The van der Waals surface area contributed by atoms with Crippen LogP contribution >= 0.6 is 0 Å². The van der Waals surface area contributed by atoms with Crippen LogP contribution in [0.25, 0.3) is 11.3 Å². The first-order valence-electron chi connectivity index (χ1n) is 10.8. The van der Waals surface area contributed by atoms with Gasteiger partial charge in [0, 0.05) is 37.0 Å². The van der Waals surface area contributed by atoms with Gasteiger partial charge in [-0.2, -0.15) is 5.10 Å². The molecule has 6 nitrogen and oxygen atoms in total. The smallest absolute Gasteiger partial charge is 0.234 e. The lowest BCUT2D eigenvalue weighted by atomic mass is 10.0. The second-order valence-electron chi connectivity index (χ2n) is 7.68. The summed E-state index contributed by atoms with van der Waals surface area (Å²) in [7, 11) is 0. The van der Waals surface area contributed by atoms with E-state index in [1.54, 1.807) is 16.8 Å². The summed E-state index contributed by atoms with van der Waals surface area (Å²) in [5.41, 5.74) is 4.05. The standard InChI is InChI=1S/C25H27FN4O2/c1-2-32-24-6-4-3-5-20(24)15-27-25(31)18-29-13-11-19(12-14-29)21-16-28-30(17-21)23-9-7-22(26)8-10-23/h3-11,16-17H,2,12-15,18H2,1H3,(H,27,31). The lowest BCUT2D eigenvalue weighted by molar-refractivity contribution is -0.122. The number of ether oxygens (including phenoxy) is 1. The van der Waals surface area contributed by atoms with Gasteiger partial charge in [-0.1, -0.05) is 24.3 Å². The number of halogens is 1. The number of nitrogens with one attached hydrogen (secondary N) is 1. The molecule has 0 spiro atoms. The monoisotopic (exact) mass is 434 g/mol. The van der Waals surface area contributed by atoms with E-state index in [0.717, 1.165) is 35.5 Å². The minimum absolute atomic E-state index is 0.00252. The van der Waals surface area contributed by atoms with Crippen molar-refractivity contribution in [2.24, 2.45) is 0 Å². The van der Waals surface area contributed by atoms with Gasteiger partial charge in [-0.05, 0) is 49.2 Å². The maximum absolute atomic E-state index is 13.1. The number of amides is 1. The van der Waals surface area contributed by atoms with Crippen molar-refractivity contribution < 1.29 is 13.9 Å². The third-order valence-electron chi connectivity index (χ3n) is 5.45. The van der Waals surface area contributed by atoms with Crippen molar-refractivity contribution in [2.75, 3.05) is 26.2 Å². The van der Waals surface area contributed by atoms with Crippen LogP contribution in [0.3, 0.4) is 0 Å². The van der Waals surface area contributed by atoms with Crippen LogP contribution in [0, 0.1) is 5.82 Å². The van der Waals surface area contributed by atoms with Crippen LogP contribution in [0.1, 0.15) is 24.5 Å². The highest BCUT2D eigenvalue weighted by atomic mass is 19.1. The fourth-order valence-electron chi connectivity index (χ4n) is 3.74. The van der Waals surface area contributed by atoms with Crippen molar-refractivity contribution in [1.82, 2.24) is 20.0 Å². The summed E-state index contributed by atoms with van der Waals surface area (Å²) in [5, 5.41) is 7.39. The Labute approximate surface area is 187 Å². The Kier molecular flexibility index (Phi) is 6.97. The molecule has 3 aromatic rings. The average molecular weight is 435 g/mol. The first-order valence-corrected chi connectivity index (χ1v) is 10.8. The molecule has 2 heterocycles. The molecule has 0 saturated heterocycles. The first kappa shape index (κ1) is 21.8. The summed E-state index contributed by atoms with van der Waals surface area (Å²) in [6.07, 6.45) is 6.77. The number of hydrogen-bond acceptors (Lipinski definition) is 4. The number of carbonyl (C=O) groups excluding carboxylic acids is 1. The normalized spacial score (nSPS) is 14.1. The minimum Gasteiger partial charge on any atom is -0.494 e. The Bertz CT molecular complexity index is 1090. The fourth-order valence-corrected chi connectivity index (χ4v) is 3.74. The van der Waals surface area contributed by atoms with Crippen molar-refractivity contribution >= 4 is 11.5 Å². The van der Waals surface area contributed by atoms with Gasteiger partial charge < -0.3 is 10.1 Å². The molecule has 0 saturated carbocycles. The Morgan fingerprint density at radius 3 is 2.75 bits per heavy atom. The molecule has 0 fully saturated rings. The summed E-state index contributed by atoms with van der Waals surface area (Å²) in [6, 6.07) is 14.0.